The third kappa shape index (κ3) is 4.64. The molecule has 0 spiro atoms. The van der Waals surface area contributed by atoms with Crippen LogP contribution in [0, 0.1) is 5.92 Å². The van der Waals surface area contributed by atoms with Crippen LogP contribution in [0.2, 0.25) is 0 Å². The largest absolute Gasteiger partial charge is 0.391 e. The number of nitrogens with zero attached hydrogens (tertiary/aromatic N) is 2. The molecule has 0 aliphatic heterocycles. The molecule has 1 unspecified atom stereocenters. The van der Waals surface area contributed by atoms with Gasteiger partial charge in [0, 0.05) is 19.4 Å². The molecule has 2 N–H and O–H groups in total. The fraction of sp³-hybridized carbons (Fsp3) is 0.500. The minimum absolute atomic E-state index is 0.120. The van der Waals surface area contributed by atoms with Gasteiger partial charge in [-0.05, 0) is 17.4 Å². The van der Waals surface area contributed by atoms with E-state index in [1.165, 1.54) is 11.3 Å². The minimum Gasteiger partial charge on any atom is -0.391 e. The zero-order valence-electron chi connectivity index (χ0n) is 12.1. The molecule has 0 aliphatic rings. The molecule has 21 heavy (non-hydrogen) atoms. The number of rotatable bonds is 7. The average Bonchev–Trinajstić information content (AvgIpc) is 3.12. The number of aliphatic hydroxyl groups is 1. The normalized spacial score (nSPS) is 12.6. The number of carbonyl (C=O) groups is 1. The van der Waals surface area contributed by atoms with Gasteiger partial charge >= 0.3 is 0 Å². The molecule has 0 radical (unpaired) electrons. The molecule has 2 heterocycles. The lowest BCUT2D eigenvalue weighted by Gasteiger charge is -2.14. The summed E-state index contributed by atoms with van der Waals surface area (Å²) >= 11 is 1.54. The van der Waals surface area contributed by atoms with E-state index in [0.717, 1.165) is 4.88 Å². The Labute approximate surface area is 127 Å². The highest BCUT2D eigenvalue weighted by Crippen LogP contribution is 2.21. The molecule has 0 aliphatic carbocycles. The first-order valence-corrected chi connectivity index (χ1v) is 7.75. The van der Waals surface area contributed by atoms with E-state index in [1.54, 1.807) is 0 Å². The second kappa shape index (κ2) is 7.33. The Balaban J connectivity index is 1.77. The zero-order valence-corrected chi connectivity index (χ0v) is 12.9. The van der Waals surface area contributed by atoms with Gasteiger partial charge in [0.05, 0.1) is 11.0 Å². The Morgan fingerprint density at radius 3 is 3.00 bits per heavy atom. The smallest absolute Gasteiger partial charge is 0.227 e. The molecule has 2 rings (SSSR count). The van der Waals surface area contributed by atoms with Crippen LogP contribution in [0.3, 0.4) is 0 Å². The van der Waals surface area contributed by atoms with Crippen molar-refractivity contribution < 1.29 is 14.4 Å². The summed E-state index contributed by atoms with van der Waals surface area (Å²) in [6.07, 6.45) is 0.126. The summed E-state index contributed by atoms with van der Waals surface area (Å²) < 4.78 is 5.12. The highest BCUT2D eigenvalue weighted by molar-refractivity contribution is 7.13. The summed E-state index contributed by atoms with van der Waals surface area (Å²) in [5, 5.41) is 18.1. The molecular weight excluding hydrogens is 290 g/mol. The lowest BCUT2D eigenvalue weighted by atomic mass is 10.1. The number of carbonyl (C=O) groups excluding carboxylic acids is 1. The van der Waals surface area contributed by atoms with Crippen molar-refractivity contribution in [2.24, 2.45) is 5.92 Å². The fourth-order valence-corrected chi connectivity index (χ4v) is 2.27. The summed E-state index contributed by atoms with van der Waals surface area (Å²) in [7, 11) is 0. The topological polar surface area (TPSA) is 88.2 Å². The number of aryl methyl sites for hydroxylation is 1. The maximum Gasteiger partial charge on any atom is 0.227 e. The average molecular weight is 309 g/mol. The first-order valence-electron chi connectivity index (χ1n) is 6.87. The molecule has 7 heteroatoms. The van der Waals surface area contributed by atoms with Crippen molar-refractivity contribution in [2.45, 2.75) is 32.8 Å². The molecule has 2 aromatic heterocycles. The lowest BCUT2D eigenvalue weighted by Crippen LogP contribution is -2.34. The molecule has 0 fully saturated rings. The quantitative estimate of drug-likeness (QED) is 0.815. The molecule has 1 amide bonds. The minimum atomic E-state index is -0.525. The van der Waals surface area contributed by atoms with E-state index in [2.05, 4.69) is 15.5 Å². The summed E-state index contributed by atoms with van der Waals surface area (Å²) in [5.41, 5.74) is 0. The first kappa shape index (κ1) is 15.7. The van der Waals surface area contributed by atoms with Gasteiger partial charge in [0.25, 0.3) is 0 Å². The van der Waals surface area contributed by atoms with Crippen LogP contribution in [-0.4, -0.2) is 33.8 Å². The fourth-order valence-electron chi connectivity index (χ4n) is 1.63. The van der Waals surface area contributed by atoms with E-state index in [4.69, 9.17) is 4.52 Å². The maximum absolute atomic E-state index is 11.7. The van der Waals surface area contributed by atoms with Crippen molar-refractivity contribution in [2.75, 3.05) is 6.54 Å². The van der Waals surface area contributed by atoms with Crippen LogP contribution in [0.4, 0.5) is 0 Å². The van der Waals surface area contributed by atoms with Gasteiger partial charge in [-0.2, -0.15) is 4.98 Å². The van der Waals surface area contributed by atoms with Gasteiger partial charge in [-0.25, -0.2) is 0 Å². The zero-order chi connectivity index (χ0) is 15.2. The van der Waals surface area contributed by atoms with Crippen molar-refractivity contribution in [1.82, 2.24) is 15.5 Å². The molecule has 114 valence electrons. The first-order chi connectivity index (χ1) is 10.1. The molecular formula is C14H19N3O3S. The van der Waals surface area contributed by atoms with Crippen LogP contribution in [0.1, 0.15) is 26.2 Å². The third-order valence-corrected chi connectivity index (χ3v) is 3.92. The molecule has 0 aromatic carbocycles. The molecule has 0 saturated heterocycles. The van der Waals surface area contributed by atoms with E-state index in [9.17, 15) is 9.90 Å². The second-order valence-corrected chi connectivity index (χ2v) is 6.05. The standard InChI is InChI=1S/C14H19N3O3S/c1-9(2)10(18)8-15-12(19)5-6-13-16-14(17-20-13)11-4-3-7-21-11/h3-4,7,9-10,18H,5-6,8H2,1-2H3,(H,15,19). The third-order valence-electron chi connectivity index (χ3n) is 3.05. The number of amides is 1. The Morgan fingerprint density at radius 2 is 2.33 bits per heavy atom. The van der Waals surface area contributed by atoms with E-state index in [1.807, 2.05) is 31.4 Å². The Hall–Kier alpha value is -1.73. The monoisotopic (exact) mass is 309 g/mol. The molecule has 2 aromatic rings. The Morgan fingerprint density at radius 1 is 1.52 bits per heavy atom. The summed E-state index contributed by atoms with van der Waals surface area (Å²) in [6.45, 7) is 4.07. The summed E-state index contributed by atoms with van der Waals surface area (Å²) in [6, 6.07) is 3.84. The van der Waals surface area contributed by atoms with Gasteiger partial charge in [-0.3, -0.25) is 4.79 Å². The Kier molecular flexibility index (Phi) is 5.46. The molecule has 1 atom stereocenters. The number of nitrogens with one attached hydrogen (secondary N) is 1. The van der Waals surface area contributed by atoms with Crippen LogP contribution in [0.25, 0.3) is 10.7 Å². The number of hydrogen-bond acceptors (Lipinski definition) is 6. The van der Waals surface area contributed by atoms with Crippen LogP contribution < -0.4 is 5.32 Å². The highest BCUT2D eigenvalue weighted by atomic mass is 32.1. The summed E-state index contributed by atoms with van der Waals surface area (Å²) in [4.78, 5) is 16.9. The van der Waals surface area contributed by atoms with Gasteiger partial charge in [-0.1, -0.05) is 25.1 Å². The predicted molar refractivity (Wildman–Crippen MR) is 79.8 cm³/mol. The van der Waals surface area contributed by atoms with Crippen molar-refractivity contribution in [3.8, 4) is 10.7 Å². The van der Waals surface area contributed by atoms with Crippen molar-refractivity contribution in [3.05, 3.63) is 23.4 Å². The lowest BCUT2D eigenvalue weighted by molar-refractivity contribution is -0.121. The molecule has 0 saturated carbocycles. The van der Waals surface area contributed by atoms with Gasteiger partial charge in [-0.15, -0.1) is 11.3 Å². The van der Waals surface area contributed by atoms with Gasteiger partial charge in [0.2, 0.25) is 17.6 Å². The number of aromatic nitrogens is 2. The van der Waals surface area contributed by atoms with Crippen molar-refractivity contribution >= 4 is 17.2 Å². The van der Waals surface area contributed by atoms with E-state index in [0.29, 0.717) is 18.1 Å². The number of thiophene rings is 1. The van der Waals surface area contributed by atoms with E-state index < -0.39 is 6.10 Å². The van der Waals surface area contributed by atoms with Crippen molar-refractivity contribution in [3.63, 3.8) is 0 Å². The van der Waals surface area contributed by atoms with Gasteiger partial charge in [0.1, 0.15) is 0 Å². The highest BCUT2D eigenvalue weighted by Gasteiger charge is 2.13. The van der Waals surface area contributed by atoms with Gasteiger partial charge < -0.3 is 14.9 Å². The van der Waals surface area contributed by atoms with Crippen LogP contribution in [0.15, 0.2) is 22.0 Å². The SMILES string of the molecule is CC(C)C(O)CNC(=O)CCc1nc(-c2cccs2)no1. The van der Waals surface area contributed by atoms with Crippen LogP contribution >= 0.6 is 11.3 Å². The van der Waals surface area contributed by atoms with Crippen LogP contribution in [-0.2, 0) is 11.2 Å². The maximum atomic E-state index is 11.7. The molecule has 6 nitrogen and oxygen atoms in total. The molecule has 0 bridgehead atoms. The van der Waals surface area contributed by atoms with Crippen molar-refractivity contribution in [1.29, 1.82) is 0 Å². The van der Waals surface area contributed by atoms with E-state index in [-0.39, 0.29) is 24.8 Å². The van der Waals surface area contributed by atoms with Crippen LogP contribution in [0.5, 0.6) is 0 Å². The number of aliphatic hydroxyl groups excluding tert-OH is 1. The number of hydrogen-bond donors (Lipinski definition) is 2. The predicted octanol–water partition coefficient (Wildman–Crippen LogP) is 1.86. The van der Waals surface area contributed by atoms with Gasteiger partial charge in [0.15, 0.2) is 0 Å². The van der Waals surface area contributed by atoms with E-state index >= 15 is 0 Å². The summed E-state index contributed by atoms with van der Waals surface area (Å²) in [5.74, 6) is 0.980. The Bertz CT molecular complexity index is 566. The second-order valence-electron chi connectivity index (χ2n) is 5.10.